The molecule has 0 heterocycles. The van der Waals surface area contributed by atoms with Gasteiger partial charge in [0.2, 0.25) is 0 Å². The van der Waals surface area contributed by atoms with Gasteiger partial charge >= 0.3 is 0 Å². The molecule has 0 radical (unpaired) electrons. The van der Waals surface area contributed by atoms with Gasteiger partial charge in [-0.2, -0.15) is 0 Å². The number of rotatable bonds is 2. The van der Waals surface area contributed by atoms with Crippen LogP contribution in [0.2, 0.25) is 5.02 Å². The van der Waals surface area contributed by atoms with Gasteiger partial charge in [0.15, 0.2) is 0 Å². The summed E-state index contributed by atoms with van der Waals surface area (Å²) in [5.74, 6) is 0.0999. The molecule has 0 aliphatic heterocycles. The van der Waals surface area contributed by atoms with Crippen molar-refractivity contribution in [1.82, 2.24) is 0 Å². The van der Waals surface area contributed by atoms with E-state index in [2.05, 4.69) is 0 Å². The second-order valence-electron chi connectivity index (χ2n) is 2.58. The standard InChI is InChI=1S/C8H7Cl2NO2/c1-5-2-3-7(10)8(11(12)13)6(5)4-9/h2-3H,4H2,1H3. The van der Waals surface area contributed by atoms with E-state index in [0.717, 1.165) is 5.56 Å². The van der Waals surface area contributed by atoms with Crippen molar-refractivity contribution >= 4 is 28.9 Å². The van der Waals surface area contributed by atoms with Crippen LogP contribution >= 0.6 is 23.2 Å². The van der Waals surface area contributed by atoms with Crippen LogP contribution in [0.3, 0.4) is 0 Å². The van der Waals surface area contributed by atoms with Crippen LogP contribution in [0.5, 0.6) is 0 Å². The first kappa shape index (κ1) is 10.3. The minimum absolute atomic E-state index is 0.0864. The SMILES string of the molecule is Cc1ccc(Cl)c([N+](=O)[O-])c1CCl. The first-order valence-electron chi connectivity index (χ1n) is 3.56. The molecule has 0 N–H and O–H groups in total. The number of hydrogen-bond acceptors (Lipinski definition) is 2. The molecular formula is C8H7Cl2NO2. The number of hydrogen-bond donors (Lipinski definition) is 0. The smallest absolute Gasteiger partial charge is 0.258 e. The summed E-state index contributed by atoms with van der Waals surface area (Å²) in [7, 11) is 0. The van der Waals surface area contributed by atoms with Crippen LogP contribution in [0.4, 0.5) is 5.69 Å². The maximum atomic E-state index is 10.6. The zero-order valence-corrected chi connectivity index (χ0v) is 8.39. The lowest BCUT2D eigenvalue weighted by molar-refractivity contribution is -0.385. The molecular weight excluding hydrogens is 213 g/mol. The predicted octanol–water partition coefficient (Wildman–Crippen LogP) is 3.30. The fraction of sp³-hybridized carbons (Fsp3) is 0.250. The van der Waals surface area contributed by atoms with E-state index in [0.29, 0.717) is 5.56 Å². The predicted molar refractivity (Wildman–Crippen MR) is 52.4 cm³/mol. The number of benzene rings is 1. The molecule has 0 bridgehead atoms. The largest absolute Gasteiger partial charge is 0.292 e. The van der Waals surface area contributed by atoms with E-state index in [1.807, 2.05) is 0 Å². The second kappa shape index (κ2) is 3.94. The van der Waals surface area contributed by atoms with Gasteiger partial charge in [-0.15, -0.1) is 11.6 Å². The Labute approximate surface area is 85.4 Å². The molecule has 3 nitrogen and oxygen atoms in total. The summed E-state index contributed by atoms with van der Waals surface area (Å²) in [5, 5.41) is 10.7. The van der Waals surface area contributed by atoms with Gasteiger partial charge in [0.25, 0.3) is 5.69 Å². The minimum Gasteiger partial charge on any atom is -0.258 e. The van der Waals surface area contributed by atoms with Gasteiger partial charge in [0.05, 0.1) is 10.8 Å². The molecule has 0 unspecified atom stereocenters. The minimum atomic E-state index is -0.507. The van der Waals surface area contributed by atoms with Crippen molar-refractivity contribution in [2.45, 2.75) is 12.8 Å². The number of nitro benzene ring substituents is 1. The second-order valence-corrected chi connectivity index (χ2v) is 3.26. The van der Waals surface area contributed by atoms with E-state index < -0.39 is 4.92 Å². The Hall–Kier alpha value is -0.800. The van der Waals surface area contributed by atoms with Gasteiger partial charge in [-0.3, -0.25) is 10.1 Å². The topological polar surface area (TPSA) is 43.1 Å². The van der Waals surface area contributed by atoms with Crippen molar-refractivity contribution in [3.8, 4) is 0 Å². The lowest BCUT2D eigenvalue weighted by Crippen LogP contribution is -1.97. The highest BCUT2D eigenvalue weighted by molar-refractivity contribution is 6.33. The highest BCUT2D eigenvalue weighted by Gasteiger charge is 2.19. The van der Waals surface area contributed by atoms with E-state index in [1.165, 1.54) is 6.07 Å². The third kappa shape index (κ3) is 1.92. The highest BCUT2D eigenvalue weighted by Crippen LogP contribution is 2.31. The Morgan fingerprint density at radius 1 is 1.54 bits per heavy atom. The summed E-state index contributed by atoms with van der Waals surface area (Å²) in [4.78, 5) is 10.1. The van der Waals surface area contributed by atoms with Crippen molar-refractivity contribution in [2.24, 2.45) is 0 Å². The average molecular weight is 220 g/mol. The van der Waals surface area contributed by atoms with Crippen molar-refractivity contribution in [2.75, 3.05) is 0 Å². The van der Waals surface area contributed by atoms with Gasteiger partial charge in [0.1, 0.15) is 5.02 Å². The van der Waals surface area contributed by atoms with Crippen molar-refractivity contribution in [3.63, 3.8) is 0 Å². The molecule has 0 fully saturated rings. The molecule has 0 aliphatic rings. The Morgan fingerprint density at radius 3 is 2.54 bits per heavy atom. The van der Waals surface area contributed by atoms with Crippen molar-refractivity contribution in [3.05, 3.63) is 38.4 Å². The molecule has 70 valence electrons. The molecule has 5 heteroatoms. The maximum absolute atomic E-state index is 10.6. The van der Waals surface area contributed by atoms with Crippen LogP contribution in [0.25, 0.3) is 0 Å². The lowest BCUT2D eigenvalue weighted by Gasteiger charge is -2.03. The highest BCUT2D eigenvalue weighted by atomic mass is 35.5. The monoisotopic (exact) mass is 219 g/mol. The third-order valence-corrected chi connectivity index (χ3v) is 2.36. The van der Waals surface area contributed by atoms with Crippen LogP contribution in [-0.4, -0.2) is 4.92 Å². The summed E-state index contributed by atoms with van der Waals surface area (Å²) >= 11 is 11.3. The Kier molecular flexibility index (Phi) is 3.12. The Bertz CT molecular complexity index is 352. The molecule has 1 rings (SSSR count). The van der Waals surface area contributed by atoms with Crippen LogP contribution in [-0.2, 0) is 5.88 Å². The van der Waals surface area contributed by atoms with Gasteiger partial charge in [0, 0.05) is 5.56 Å². The molecule has 0 aromatic heterocycles. The van der Waals surface area contributed by atoms with Crippen molar-refractivity contribution in [1.29, 1.82) is 0 Å². The first-order chi connectivity index (χ1) is 6.07. The van der Waals surface area contributed by atoms with Crippen LogP contribution in [0.15, 0.2) is 12.1 Å². The molecule has 1 aromatic rings. The average Bonchev–Trinajstić information content (AvgIpc) is 2.07. The van der Waals surface area contributed by atoms with Crippen LogP contribution in [0.1, 0.15) is 11.1 Å². The molecule has 0 aliphatic carbocycles. The molecule has 0 saturated carbocycles. The summed E-state index contributed by atoms with van der Waals surface area (Å²) < 4.78 is 0. The maximum Gasteiger partial charge on any atom is 0.292 e. The van der Waals surface area contributed by atoms with E-state index in [-0.39, 0.29) is 16.6 Å². The number of halogens is 2. The number of aryl methyl sites for hydroxylation is 1. The Balaban J connectivity index is 3.43. The zero-order chi connectivity index (χ0) is 10.0. The van der Waals surface area contributed by atoms with Gasteiger partial charge < -0.3 is 0 Å². The van der Waals surface area contributed by atoms with Gasteiger partial charge in [-0.05, 0) is 18.6 Å². The third-order valence-electron chi connectivity index (χ3n) is 1.78. The lowest BCUT2D eigenvalue weighted by atomic mass is 10.1. The van der Waals surface area contributed by atoms with Crippen LogP contribution < -0.4 is 0 Å². The molecule has 0 saturated heterocycles. The van der Waals surface area contributed by atoms with Crippen molar-refractivity contribution < 1.29 is 4.92 Å². The number of alkyl halides is 1. The molecule has 0 atom stereocenters. The molecule has 13 heavy (non-hydrogen) atoms. The molecule has 0 spiro atoms. The molecule has 0 amide bonds. The van der Waals surface area contributed by atoms with E-state index in [9.17, 15) is 10.1 Å². The van der Waals surface area contributed by atoms with E-state index in [1.54, 1.807) is 13.0 Å². The quantitative estimate of drug-likeness (QED) is 0.436. The van der Waals surface area contributed by atoms with E-state index >= 15 is 0 Å². The summed E-state index contributed by atoms with van der Waals surface area (Å²) in [6.45, 7) is 1.76. The Morgan fingerprint density at radius 2 is 2.15 bits per heavy atom. The van der Waals surface area contributed by atoms with E-state index in [4.69, 9.17) is 23.2 Å². The summed E-state index contributed by atoms with van der Waals surface area (Å²) in [6, 6.07) is 3.22. The van der Waals surface area contributed by atoms with Gasteiger partial charge in [-0.25, -0.2) is 0 Å². The van der Waals surface area contributed by atoms with Gasteiger partial charge in [-0.1, -0.05) is 17.7 Å². The first-order valence-corrected chi connectivity index (χ1v) is 4.47. The summed E-state index contributed by atoms with van der Waals surface area (Å²) in [6.07, 6.45) is 0. The van der Waals surface area contributed by atoms with Crippen LogP contribution in [0, 0.1) is 17.0 Å². The summed E-state index contributed by atoms with van der Waals surface area (Å²) in [5.41, 5.74) is 1.18. The normalized spacial score (nSPS) is 10.1. The number of nitro groups is 1. The number of nitrogens with zero attached hydrogens (tertiary/aromatic N) is 1. The zero-order valence-electron chi connectivity index (χ0n) is 6.88. The molecule has 1 aromatic carbocycles. The fourth-order valence-electron chi connectivity index (χ4n) is 1.07. The fourth-order valence-corrected chi connectivity index (χ4v) is 1.66.